The predicted molar refractivity (Wildman–Crippen MR) is 52.3 cm³/mol. The van der Waals surface area contributed by atoms with Crippen LogP contribution in [-0.2, 0) is 24.2 Å². The normalized spacial score (nSPS) is 15.9. The van der Waals surface area contributed by atoms with Gasteiger partial charge in [-0.1, -0.05) is 0 Å². The Kier molecular flexibility index (Phi) is 3.63. The maximum Gasteiger partial charge on any atom is 0.411 e. The SMILES string of the molecule is FC(F)(F)COCCc1nnc2n1CCNC2. The van der Waals surface area contributed by atoms with Crippen LogP contribution >= 0.6 is 0 Å². The zero-order valence-electron chi connectivity index (χ0n) is 9.13. The number of ether oxygens (including phenoxy) is 1. The van der Waals surface area contributed by atoms with Crippen LogP contribution in [0.2, 0.25) is 0 Å². The molecule has 0 radical (unpaired) electrons. The fourth-order valence-electron chi connectivity index (χ4n) is 1.69. The van der Waals surface area contributed by atoms with E-state index in [1.54, 1.807) is 0 Å². The van der Waals surface area contributed by atoms with Crippen LogP contribution in [0.1, 0.15) is 11.6 Å². The second-order valence-electron chi connectivity index (χ2n) is 3.78. The Balaban J connectivity index is 1.81. The van der Waals surface area contributed by atoms with Crippen molar-refractivity contribution in [2.24, 2.45) is 0 Å². The van der Waals surface area contributed by atoms with Crippen LogP contribution in [0, 0.1) is 0 Å². The van der Waals surface area contributed by atoms with Crippen LogP contribution in [0.5, 0.6) is 0 Å². The molecule has 1 aromatic rings. The minimum Gasteiger partial charge on any atom is -0.372 e. The molecule has 0 amide bonds. The van der Waals surface area contributed by atoms with E-state index in [2.05, 4.69) is 20.3 Å². The molecule has 96 valence electrons. The van der Waals surface area contributed by atoms with Gasteiger partial charge in [-0.05, 0) is 0 Å². The topological polar surface area (TPSA) is 52.0 Å². The predicted octanol–water partition coefficient (Wildman–Crippen LogP) is 0.503. The van der Waals surface area contributed by atoms with Crippen molar-refractivity contribution in [2.45, 2.75) is 25.7 Å². The Bertz CT molecular complexity index is 377. The summed E-state index contributed by atoms with van der Waals surface area (Å²) in [4.78, 5) is 0. The Labute approximate surface area is 96.0 Å². The summed E-state index contributed by atoms with van der Waals surface area (Å²) < 4.78 is 41.9. The standard InChI is InChI=1S/C9H13F3N4O/c10-9(11,12)6-17-4-1-7-14-15-8-5-13-2-3-16(7)8/h13H,1-6H2. The largest absolute Gasteiger partial charge is 0.411 e. The van der Waals surface area contributed by atoms with E-state index in [1.807, 2.05) is 4.57 Å². The molecule has 0 bridgehead atoms. The summed E-state index contributed by atoms with van der Waals surface area (Å²) in [5.41, 5.74) is 0. The molecule has 17 heavy (non-hydrogen) atoms. The van der Waals surface area contributed by atoms with E-state index in [9.17, 15) is 13.2 Å². The number of nitrogens with one attached hydrogen (secondary N) is 1. The monoisotopic (exact) mass is 250 g/mol. The highest BCUT2D eigenvalue weighted by molar-refractivity contribution is 4.98. The van der Waals surface area contributed by atoms with Gasteiger partial charge < -0.3 is 14.6 Å². The van der Waals surface area contributed by atoms with Gasteiger partial charge in [-0.15, -0.1) is 10.2 Å². The fourth-order valence-corrected chi connectivity index (χ4v) is 1.69. The van der Waals surface area contributed by atoms with E-state index in [0.29, 0.717) is 18.8 Å². The number of alkyl halides is 3. The number of fused-ring (bicyclic) bond motifs is 1. The molecule has 1 aliphatic heterocycles. The molecule has 0 spiro atoms. The van der Waals surface area contributed by atoms with E-state index in [-0.39, 0.29) is 6.61 Å². The van der Waals surface area contributed by atoms with E-state index < -0.39 is 12.8 Å². The molecule has 0 saturated carbocycles. The smallest absolute Gasteiger partial charge is 0.372 e. The van der Waals surface area contributed by atoms with E-state index in [1.165, 1.54) is 0 Å². The summed E-state index contributed by atoms with van der Waals surface area (Å²) in [5, 5.41) is 11.0. The van der Waals surface area contributed by atoms with Crippen LogP contribution in [-0.4, -0.2) is 40.7 Å². The van der Waals surface area contributed by atoms with Crippen molar-refractivity contribution in [1.29, 1.82) is 0 Å². The molecule has 5 nitrogen and oxygen atoms in total. The molecule has 2 heterocycles. The van der Waals surface area contributed by atoms with Crippen molar-refractivity contribution >= 4 is 0 Å². The van der Waals surface area contributed by atoms with Crippen molar-refractivity contribution in [3.63, 3.8) is 0 Å². The molecular weight excluding hydrogens is 237 g/mol. The first-order valence-corrected chi connectivity index (χ1v) is 5.32. The molecular formula is C9H13F3N4O. The minimum absolute atomic E-state index is 0.00503. The van der Waals surface area contributed by atoms with Crippen LogP contribution in [0.3, 0.4) is 0 Å². The quantitative estimate of drug-likeness (QED) is 0.791. The zero-order chi connectivity index (χ0) is 12.3. The lowest BCUT2D eigenvalue weighted by molar-refractivity contribution is -0.173. The maximum atomic E-state index is 11.8. The van der Waals surface area contributed by atoms with Crippen LogP contribution < -0.4 is 5.32 Å². The van der Waals surface area contributed by atoms with Gasteiger partial charge in [0.15, 0.2) is 0 Å². The first-order valence-electron chi connectivity index (χ1n) is 5.32. The molecule has 8 heteroatoms. The Hall–Kier alpha value is -1.15. The van der Waals surface area contributed by atoms with Gasteiger partial charge in [0.05, 0.1) is 13.2 Å². The van der Waals surface area contributed by atoms with Gasteiger partial charge in [0, 0.05) is 19.5 Å². The van der Waals surface area contributed by atoms with E-state index >= 15 is 0 Å². The van der Waals surface area contributed by atoms with Crippen LogP contribution in [0.25, 0.3) is 0 Å². The summed E-state index contributed by atoms with van der Waals surface area (Å²) in [5.74, 6) is 1.51. The third-order valence-electron chi connectivity index (χ3n) is 2.44. The second-order valence-corrected chi connectivity index (χ2v) is 3.78. The van der Waals surface area contributed by atoms with Gasteiger partial charge in [-0.3, -0.25) is 0 Å². The first kappa shape index (κ1) is 12.3. The molecule has 2 rings (SSSR count). The molecule has 0 aromatic carbocycles. The van der Waals surface area contributed by atoms with Crippen molar-refractivity contribution in [1.82, 2.24) is 20.1 Å². The number of halogens is 3. The number of hydrogen-bond acceptors (Lipinski definition) is 4. The molecule has 0 unspecified atom stereocenters. The summed E-state index contributed by atoms with van der Waals surface area (Å²) >= 11 is 0. The summed E-state index contributed by atoms with van der Waals surface area (Å²) in [6.07, 6.45) is -3.92. The van der Waals surface area contributed by atoms with Crippen LogP contribution in [0.15, 0.2) is 0 Å². The van der Waals surface area contributed by atoms with Crippen molar-refractivity contribution in [3.05, 3.63) is 11.6 Å². The number of nitrogens with zero attached hydrogens (tertiary/aromatic N) is 3. The van der Waals surface area contributed by atoms with Crippen molar-refractivity contribution < 1.29 is 17.9 Å². The maximum absolute atomic E-state index is 11.8. The lowest BCUT2D eigenvalue weighted by Gasteiger charge is -2.16. The molecule has 0 atom stereocenters. The summed E-state index contributed by atoms with van der Waals surface area (Å²) in [7, 11) is 0. The Morgan fingerprint density at radius 2 is 2.18 bits per heavy atom. The third kappa shape index (κ3) is 3.40. The zero-order valence-corrected chi connectivity index (χ0v) is 9.13. The molecule has 0 aliphatic carbocycles. The molecule has 1 N–H and O–H groups in total. The van der Waals surface area contributed by atoms with Gasteiger partial charge in [0.2, 0.25) is 0 Å². The van der Waals surface area contributed by atoms with Crippen LogP contribution in [0.4, 0.5) is 13.2 Å². The Morgan fingerprint density at radius 3 is 2.94 bits per heavy atom. The minimum atomic E-state index is -4.27. The summed E-state index contributed by atoms with van der Waals surface area (Å²) in [6.45, 7) is 1.01. The lowest BCUT2D eigenvalue weighted by atomic mass is 10.3. The first-order chi connectivity index (χ1) is 8.06. The summed E-state index contributed by atoms with van der Waals surface area (Å²) in [6, 6.07) is 0. The molecule has 1 aromatic heterocycles. The number of rotatable bonds is 4. The average molecular weight is 250 g/mol. The average Bonchev–Trinajstić information content (AvgIpc) is 2.67. The van der Waals surface area contributed by atoms with Gasteiger partial charge in [-0.25, -0.2) is 0 Å². The highest BCUT2D eigenvalue weighted by Crippen LogP contribution is 2.14. The van der Waals surface area contributed by atoms with Crippen molar-refractivity contribution in [2.75, 3.05) is 19.8 Å². The highest BCUT2D eigenvalue weighted by atomic mass is 19.4. The number of hydrogen-bond donors (Lipinski definition) is 1. The highest BCUT2D eigenvalue weighted by Gasteiger charge is 2.27. The fraction of sp³-hybridized carbons (Fsp3) is 0.778. The van der Waals surface area contributed by atoms with E-state index in [4.69, 9.17) is 0 Å². The molecule has 0 fully saturated rings. The second kappa shape index (κ2) is 5.01. The molecule has 1 aliphatic rings. The third-order valence-corrected chi connectivity index (χ3v) is 2.44. The number of aromatic nitrogens is 3. The van der Waals surface area contributed by atoms with Gasteiger partial charge in [0.1, 0.15) is 18.3 Å². The van der Waals surface area contributed by atoms with Gasteiger partial charge >= 0.3 is 6.18 Å². The lowest BCUT2D eigenvalue weighted by Crippen LogP contribution is -2.29. The van der Waals surface area contributed by atoms with Crippen molar-refractivity contribution in [3.8, 4) is 0 Å². The van der Waals surface area contributed by atoms with Gasteiger partial charge in [0.25, 0.3) is 0 Å². The molecule has 0 saturated heterocycles. The van der Waals surface area contributed by atoms with E-state index in [0.717, 1.165) is 18.9 Å². The van der Waals surface area contributed by atoms with Gasteiger partial charge in [-0.2, -0.15) is 13.2 Å². The Morgan fingerprint density at radius 1 is 1.35 bits per heavy atom.